The van der Waals surface area contributed by atoms with Crippen molar-refractivity contribution in [2.24, 2.45) is 0 Å². The van der Waals surface area contributed by atoms with Gasteiger partial charge in [0.05, 0.1) is 19.7 Å². The Morgan fingerprint density at radius 2 is 2.00 bits per heavy atom. The van der Waals surface area contributed by atoms with E-state index in [4.69, 9.17) is 9.47 Å². The molecule has 0 bridgehead atoms. The minimum absolute atomic E-state index is 0.0882. The standard InChI is InChI=1S/C14H20N2O3/c1-11-14(17)16(8-7-15-11)9-10-19-13-5-3-12(18-2)4-6-13/h3-6,11,15H,7-10H2,1-2H3. The first kappa shape index (κ1) is 13.7. The van der Waals surface area contributed by atoms with Gasteiger partial charge in [0.2, 0.25) is 5.91 Å². The van der Waals surface area contributed by atoms with Crippen molar-refractivity contribution < 1.29 is 14.3 Å². The second-order valence-corrected chi connectivity index (χ2v) is 4.53. The average Bonchev–Trinajstić information content (AvgIpc) is 2.44. The predicted octanol–water partition coefficient (Wildman–Crippen LogP) is 0.894. The molecule has 0 spiro atoms. The molecule has 1 aliphatic heterocycles. The van der Waals surface area contributed by atoms with Crippen molar-refractivity contribution in [1.82, 2.24) is 10.2 Å². The molecule has 2 rings (SSSR count). The highest BCUT2D eigenvalue weighted by Crippen LogP contribution is 2.16. The quantitative estimate of drug-likeness (QED) is 0.858. The Morgan fingerprint density at radius 3 is 2.68 bits per heavy atom. The third-order valence-electron chi connectivity index (χ3n) is 3.20. The summed E-state index contributed by atoms with van der Waals surface area (Å²) in [6, 6.07) is 7.35. The second-order valence-electron chi connectivity index (χ2n) is 4.53. The number of benzene rings is 1. The lowest BCUT2D eigenvalue weighted by Crippen LogP contribution is -2.54. The van der Waals surface area contributed by atoms with Crippen molar-refractivity contribution in [3.05, 3.63) is 24.3 Å². The molecule has 1 heterocycles. The van der Waals surface area contributed by atoms with E-state index in [0.717, 1.165) is 24.6 Å². The van der Waals surface area contributed by atoms with Gasteiger partial charge in [-0.1, -0.05) is 0 Å². The van der Waals surface area contributed by atoms with Crippen molar-refractivity contribution in [2.45, 2.75) is 13.0 Å². The van der Waals surface area contributed by atoms with Gasteiger partial charge in [-0.25, -0.2) is 0 Å². The van der Waals surface area contributed by atoms with Crippen LogP contribution in [0.5, 0.6) is 11.5 Å². The maximum Gasteiger partial charge on any atom is 0.239 e. The highest BCUT2D eigenvalue weighted by Gasteiger charge is 2.23. The van der Waals surface area contributed by atoms with E-state index in [1.807, 2.05) is 36.1 Å². The number of piperazine rings is 1. The van der Waals surface area contributed by atoms with Crippen LogP contribution >= 0.6 is 0 Å². The van der Waals surface area contributed by atoms with E-state index in [1.54, 1.807) is 7.11 Å². The van der Waals surface area contributed by atoms with E-state index in [-0.39, 0.29) is 11.9 Å². The molecule has 1 saturated heterocycles. The van der Waals surface area contributed by atoms with Gasteiger partial charge < -0.3 is 19.7 Å². The molecule has 5 heteroatoms. The van der Waals surface area contributed by atoms with Crippen LogP contribution in [0.2, 0.25) is 0 Å². The Labute approximate surface area is 113 Å². The number of nitrogens with one attached hydrogen (secondary N) is 1. The zero-order valence-electron chi connectivity index (χ0n) is 11.4. The molecule has 0 radical (unpaired) electrons. The fourth-order valence-corrected chi connectivity index (χ4v) is 2.06. The summed E-state index contributed by atoms with van der Waals surface area (Å²) in [4.78, 5) is 13.7. The minimum Gasteiger partial charge on any atom is -0.497 e. The molecule has 1 aromatic carbocycles. The van der Waals surface area contributed by atoms with Crippen LogP contribution in [0.25, 0.3) is 0 Å². The summed E-state index contributed by atoms with van der Waals surface area (Å²) in [6.45, 7) is 4.60. The molecule has 1 aromatic rings. The van der Waals surface area contributed by atoms with Crippen molar-refractivity contribution in [3.8, 4) is 11.5 Å². The Bertz CT molecular complexity index is 419. The van der Waals surface area contributed by atoms with E-state index < -0.39 is 0 Å². The molecule has 1 aliphatic rings. The second kappa shape index (κ2) is 6.43. The first-order chi connectivity index (χ1) is 9.20. The smallest absolute Gasteiger partial charge is 0.239 e. The fourth-order valence-electron chi connectivity index (χ4n) is 2.06. The monoisotopic (exact) mass is 264 g/mol. The van der Waals surface area contributed by atoms with Crippen LogP contribution in [-0.4, -0.2) is 50.2 Å². The number of nitrogens with zero attached hydrogens (tertiary/aromatic N) is 1. The van der Waals surface area contributed by atoms with Crippen LogP contribution in [0, 0.1) is 0 Å². The highest BCUT2D eigenvalue weighted by molar-refractivity contribution is 5.82. The van der Waals surface area contributed by atoms with E-state index in [1.165, 1.54) is 0 Å². The number of carbonyl (C=O) groups excluding carboxylic acids is 1. The summed E-state index contributed by atoms with van der Waals surface area (Å²) in [6.07, 6.45) is 0. The van der Waals surface area contributed by atoms with Crippen molar-refractivity contribution in [3.63, 3.8) is 0 Å². The molecule has 0 aliphatic carbocycles. The van der Waals surface area contributed by atoms with Gasteiger partial charge in [0.1, 0.15) is 18.1 Å². The third kappa shape index (κ3) is 3.61. The summed E-state index contributed by atoms with van der Waals surface area (Å²) in [7, 11) is 1.63. The van der Waals surface area contributed by atoms with Crippen LogP contribution in [0.3, 0.4) is 0 Å². The molecule has 1 atom stereocenters. The molecule has 1 amide bonds. The summed E-state index contributed by atoms with van der Waals surface area (Å²) in [5.74, 6) is 1.74. The van der Waals surface area contributed by atoms with Crippen LogP contribution < -0.4 is 14.8 Å². The number of rotatable bonds is 5. The van der Waals surface area contributed by atoms with Gasteiger partial charge in [0.15, 0.2) is 0 Å². The molecule has 19 heavy (non-hydrogen) atoms. The SMILES string of the molecule is COc1ccc(OCCN2CCNC(C)C2=O)cc1. The molecule has 1 N–H and O–H groups in total. The van der Waals surface area contributed by atoms with Gasteiger partial charge in [-0.2, -0.15) is 0 Å². The van der Waals surface area contributed by atoms with Gasteiger partial charge >= 0.3 is 0 Å². The van der Waals surface area contributed by atoms with Crippen LogP contribution in [-0.2, 0) is 4.79 Å². The van der Waals surface area contributed by atoms with Gasteiger partial charge in [0, 0.05) is 13.1 Å². The highest BCUT2D eigenvalue weighted by atomic mass is 16.5. The van der Waals surface area contributed by atoms with Gasteiger partial charge in [0.25, 0.3) is 0 Å². The van der Waals surface area contributed by atoms with Crippen LogP contribution in [0.15, 0.2) is 24.3 Å². The molecule has 1 fully saturated rings. The van der Waals surface area contributed by atoms with Crippen LogP contribution in [0.1, 0.15) is 6.92 Å². The summed E-state index contributed by atoms with van der Waals surface area (Å²) >= 11 is 0. The average molecular weight is 264 g/mol. The van der Waals surface area contributed by atoms with E-state index in [0.29, 0.717) is 13.2 Å². The van der Waals surface area contributed by atoms with Gasteiger partial charge in [-0.15, -0.1) is 0 Å². The maximum atomic E-state index is 11.8. The van der Waals surface area contributed by atoms with Crippen LogP contribution in [0.4, 0.5) is 0 Å². The van der Waals surface area contributed by atoms with Crippen molar-refractivity contribution >= 4 is 5.91 Å². The van der Waals surface area contributed by atoms with Gasteiger partial charge in [-0.05, 0) is 31.2 Å². The Hall–Kier alpha value is -1.75. The zero-order valence-corrected chi connectivity index (χ0v) is 11.4. The van der Waals surface area contributed by atoms with E-state index in [9.17, 15) is 4.79 Å². The summed E-state index contributed by atoms with van der Waals surface area (Å²) < 4.78 is 10.7. The molecule has 104 valence electrons. The van der Waals surface area contributed by atoms with Crippen molar-refractivity contribution in [2.75, 3.05) is 33.4 Å². The lowest BCUT2D eigenvalue weighted by atomic mass is 10.2. The molecular weight excluding hydrogens is 244 g/mol. The molecular formula is C14H20N2O3. The van der Waals surface area contributed by atoms with Gasteiger partial charge in [-0.3, -0.25) is 4.79 Å². The molecule has 0 aromatic heterocycles. The zero-order chi connectivity index (χ0) is 13.7. The molecule has 0 saturated carbocycles. The van der Waals surface area contributed by atoms with E-state index in [2.05, 4.69) is 5.32 Å². The normalized spacial score (nSPS) is 19.4. The third-order valence-corrected chi connectivity index (χ3v) is 3.20. The predicted molar refractivity (Wildman–Crippen MR) is 72.5 cm³/mol. The number of hydrogen-bond acceptors (Lipinski definition) is 4. The Morgan fingerprint density at radius 1 is 1.32 bits per heavy atom. The topological polar surface area (TPSA) is 50.8 Å². The van der Waals surface area contributed by atoms with E-state index >= 15 is 0 Å². The number of hydrogen-bond donors (Lipinski definition) is 1. The number of methoxy groups -OCH3 is 1. The number of carbonyl (C=O) groups is 1. The maximum absolute atomic E-state index is 11.8. The largest absolute Gasteiger partial charge is 0.497 e. The number of amides is 1. The summed E-state index contributed by atoms with van der Waals surface area (Å²) in [5, 5.41) is 3.14. The molecule has 1 unspecified atom stereocenters. The first-order valence-electron chi connectivity index (χ1n) is 6.49. The molecule has 5 nitrogen and oxygen atoms in total. The Kier molecular flexibility index (Phi) is 4.63. The lowest BCUT2D eigenvalue weighted by molar-refractivity contribution is -0.135. The minimum atomic E-state index is -0.0882. The fraction of sp³-hybridized carbons (Fsp3) is 0.500. The summed E-state index contributed by atoms with van der Waals surface area (Å²) in [5.41, 5.74) is 0. The first-order valence-corrected chi connectivity index (χ1v) is 6.49. The van der Waals surface area contributed by atoms with Crippen molar-refractivity contribution in [1.29, 1.82) is 0 Å². The lowest BCUT2D eigenvalue weighted by Gasteiger charge is -2.31. The Balaban J connectivity index is 1.77. The number of ether oxygens (including phenoxy) is 2.